The summed E-state index contributed by atoms with van der Waals surface area (Å²) in [7, 11) is 7.16. The van der Waals surface area contributed by atoms with E-state index in [0.717, 1.165) is 43.4 Å². The smallest absolute Gasteiger partial charge is 0.193 e. The maximum Gasteiger partial charge on any atom is 0.193 e. The Morgan fingerprint density at radius 2 is 1.77 bits per heavy atom. The average molecular weight is 541 g/mol. The third-order valence-corrected chi connectivity index (χ3v) is 5.00. The zero-order valence-corrected chi connectivity index (χ0v) is 21.6. The summed E-state index contributed by atoms with van der Waals surface area (Å²) in [5.41, 5.74) is 2.40. The van der Waals surface area contributed by atoms with E-state index < -0.39 is 0 Å². The predicted molar refractivity (Wildman–Crippen MR) is 138 cm³/mol. The van der Waals surface area contributed by atoms with Gasteiger partial charge in [-0.25, -0.2) is 0 Å². The molecule has 2 aromatic carbocycles. The van der Waals surface area contributed by atoms with E-state index in [1.54, 1.807) is 14.2 Å². The highest BCUT2D eigenvalue weighted by Gasteiger charge is 2.09. The Kier molecular flexibility index (Phi) is 13.0. The standard InChI is InChI=1S/C24H35N3O3.HI/c1-19(21-10-7-6-8-11-21)30-17-9-15-26-24(25-2)27(3)16-14-20-12-13-22(28-4)23(18-20)29-5;/h6-8,10-13,18-19H,9,14-17H2,1-5H3,(H,25,26);1H. The number of benzene rings is 2. The van der Waals surface area contributed by atoms with E-state index in [9.17, 15) is 0 Å². The molecule has 2 rings (SSSR count). The summed E-state index contributed by atoms with van der Waals surface area (Å²) in [6.07, 6.45) is 1.91. The molecule has 0 radical (unpaired) electrons. The zero-order valence-electron chi connectivity index (χ0n) is 19.3. The topological polar surface area (TPSA) is 55.3 Å². The van der Waals surface area contributed by atoms with Gasteiger partial charge in [0.15, 0.2) is 17.5 Å². The summed E-state index contributed by atoms with van der Waals surface area (Å²) in [6.45, 7) is 4.45. The number of halogens is 1. The van der Waals surface area contributed by atoms with Gasteiger partial charge < -0.3 is 24.4 Å². The van der Waals surface area contributed by atoms with Crippen molar-refractivity contribution in [2.45, 2.75) is 25.9 Å². The summed E-state index contributed by atoms with van der Waals surface area (Å²) in [5.74, 6) is 2.38. The van der Waals surface area contributed by atoms with Gasteiger partial charge in [-0.3, -0.25) is 4.99 Å². The van der Waals surface area contributed by atoms with Gasteiger partial charge in [0.2, 0.25) is 0 Å². The Bertz CT molecular complexity index is 787. The Morgan fingerprint density at radius 1 is 1.06 bits per heavy atom. The molecule has 0 bridgehead atoms. The normalized spacial score (nSPS) is 12.0. The molecule has 0 heterocycles. The van der Waals surface area contributed by atoms with E-state index in [1.165, 1.54) is 11.1 Å². The lowest BCUT2D eigenvalue weighted by atomic mass is 10.1. The quantitative estimate of drug-likeness (QED) is 0.196. The Morgan fingerprint density at radius 3 is 2.42 bits per heavy atom. The highest BCUT2D eigenvalue weighted by molar-refractivity contribution is 14.0. The number of nitrogens with zero attached hydrogens (tertiary/aromatic N) is 2. The van der Waals surface area contributed by atoms with Crippen molar-refractivity contribution in [2.24, 2.45) is 4.99 Å². The molecule has 172 valence electrons. The highest BCUT2D eigenvalue weighted by atomic mass is 127. The zero-order chi connectivity index (χ0) is 21.8. The maximum atomic E-state index is 5.93. The second kappa shape index (κ2) is 14.9. The minimum Gasteiger partial charge on any atom is -0.493 e. The summed E-state index contributed by atoms with van der Waals surface area (Å²) in [5, 5.41) is 3.41. The van der Waals surface area contributed by atoms with Gasteiger partial charge >= 0.3 is 0 Å². The number of guanidine groups is 1. The molecule has 1 atom stereocenters. The Balaban J connectivity index is 0.00000480. The number of nitrogens with one attached hydrogen (secondary N) is 1. The third-order valence-electron chi connectivity index (χ3n) is 5.00. The summed E-state index contributed by atoms with van der Waals surface area (Å²) in [6, 6.07) is 16.3. The first-order valence-corrected chi connectivity index (χ1v) is 10.4. The van der Waals surface area contributed by atoms with Gasteiger partial charge in [0.25, 0.3) is 0 Å². The Hall–Kier alpha value is -2.00. The van der Waals surface area contributed by atoms with E-state index in [1.807, 2.05) is 44.4 Å². The molecule has 0 saturated heterocycles. The second-order valence-electron chi connectivity index (χ2n) is 7.11. The number of aliphatic imine (C=N–C) groups is 1. The van der Waals surface area contributed by atoms with Gasteiger partial charge in [-0.2, -0.15) is 0 Å². The molecule has 2 aromatic rings. The van der Waals surface area contributed by atoms with Crippen LogP contribution >= 0.6 is 24.0 Å². The van der Waals surface area contributed by atoms with E-state index in [-0.39, 0.29) is 30.1 Å². The van der Waals surface area contributed by atoms with Gasteiger partial charge in [0, 0.05) is 33.8 Å². The Labute approximate surface area is 204 Å². The van der Waals surface area contributed by atoms with Crippen LogP contribution < -0.4 is 14.8 Å². The second-order valence-corrected chi connectivity index (χ2v) is 7.11. The number of likely N-dealkylation sites (N-methyl/N-ethyl adjacent to an activating group) is 1. The van der Waals surface area contributed by atoms with Crippen LogP contribution in [-0.2, 0) is 11.2 Å². The summed E-state index contributed by atoms with van der Waals surface area (Å²) >= 11 is 0. The monoisotopic (exact) mass is 541 g/mol. The van der Waals surface area contributed by atoms with Crippen LogP contribution in [0.25, 0.3) is 0 Å². The molecule has 1 unspecified atom stereocenters. The molecule has 0 aliphatic carbocycles. The minimum absolute atomic E-state index is 0. The first-order chi connectivity index (χ1) is 14.6. The number of hydrogen-bond acceptors (Lipinski definition) is 4. The van der Waals surface area contributed by atoms with Crippen LogP contribution in [0.2, 0.25) is 0 Å². The SMILES string of the molecule is CN=C(NCCCOC(C)c1ccccc1)N(C)CCc1ccc(OC)c(OC)c1.I. The van der Waals surface area contributed by atoms with Crippen molar-refractivity contribution >= 4 is 29.9 Å². The van der Waals surface area contributed by atoms with Crippen molar-refractivity contribution in [2.75, 3.05) is 48.0 Å². The molecular formula is C24H36IN3O3. The first-order valence-electron chi connectivity index (χ1n) is 10.4. The van der Waals surface area contributed by atoms with Crippen molar-refractivity contribution in [3.63, 3.8) is 0 Å². The fourth-order valence-corrected chi connectivity index (χ4v) is 3.18. The van der Waals surface area contributed by atoms with Gasteiger partial charge in [-0.15, -0.1) is 24.0 Å². The molecule has 6 nitrogen and oxygen atoms in total. The van der Waals surface area contributed by atoms with E-state index >= 15 is 0 Å². The van der Waals surface area contributed by atoms with Crippen molar-refractivity contribution in [3.8, 4) is 11.5 Å². The first kappa shape index (κ1) is 27.0. The van der Waals surface area contributed by atoms with Gasteiger partial charge in [0.1, 0.15) is 0 Å². The van der Waals surface area contributed by atoms with Crippen LogP contribution in [0, 0.1) is 0 Å². The fourth-order valence-electron chi connectivity index (χ4n) is 3.18. The molecule has 0 aliphatic heterocycles. The average Bonchev–Trinajstić information content (AvgIpc) is 2.79. The summed E-state index contributed by atoms with van der Waals surface area (Å²) < 4.78 is 16.6. The van der Waals surface area contributed by atoms with E-state index in [0.29, 0.717) is 6.61 Å². The van der Waals surface area contributed by atoms with Crippen molar-refractivity contribution in [1.82, 2.24) is 10.2 Å². The lowest BCUT2D eigenvalue weighted by Gasteiger charge is -2.22. The van der Waals surface area contributed by atoms with Crippen LogP contribution in [0.4, 0.5) is 0 Å². The molecular weight excluding hydrogens is 505 g/mol. The predicted octanol–water partition coefficient (Wildman–Crippen LogP) is 4.54. The molecule has 0 amide bonds. The molecule has 7 heteroatoms. The van der Waals surface area contributed by atoms with E-state index in [4.69, 9.17) is 14.2 Å². The fraction of sp³-hybridized carbons (Fsp3) is 0.458. The van der Waals surface area contributed by atoms with Crippen LogP contribution in [-0.4, -0.2) is 58.9 Å². The third kappa shape index (κ3) is 8.95. The van der Waals surface area contributed by atoms with Gasteiger partial charge in [0.05, 0.1) is 20.3 Å². The van der Waals surface area contributed by atoms with Crippen molar-refractivity contribution in [3.05, 3.63) is 59.7 Å². The number of ether oxygens (including phenoxy) is 3. The number of hydrogen-bond donors (Lipinski definition) is 1. The molecule has 0 aromatic heterocycles. The van der Waals surface area contributed by atoms with Gasteiger partial charge in [-0.1, -0.05) is 36.4 Å². The molecule has 0 fully saturated rings. The van der Waals surface area contributed by atoms with Crippen molar-refractivity contribution in [1.29, 1.82) is 0 Å². The lowest BCUT2D eigenvalue weighted by Crippen LogP contribution is -2.40. The van der Waals surface area contributed by atoms with Crippen LogP contribution in [0.5, 0.6) is 11.5 Å². The molecule has 0 aliphatic rings. The minimum atomic E-state index is 0. The van der Waals surface area contributed by atoms with Crippen LogP contribution in [0.3, 0.4) is 0 Å². The van der Waals surface area contributed by atoms with Crippen LogP contribution in [0.15, 0.2) is 53.5 Å². The van der Waals surface area contributed by atoms with Crippen molar-refractivity contribution < 1.29 is 14.2 Å². The maximum absolute atomic E-state index is 5.93. The number of methoxy groups -OCH3 is 2. The lowest BCUT2D eigenvalue weighted by molar-refractivity contribution is 0.0645. The molecule has 31 heavy (non-hydrogen) atoms. The van der Waals surface area contributed by atoms with Crippen LogP contribution in [0.1, 0.15) is 30.6 Å². The molecule has 0 spiro atoms. The largest absolute Gasteiger partial charge is 0.493 e. The van der Waals surface area contributed by atoms with Gasteiger partial charge in [-0.05, 0) is 43.0 Å². The molecule has 0 saturated carbocycles. The van der Waals surface area contributed by atoms with E-state index in [2.05, 4.69) is 40.3 Å². The summed E-state index contributed by atoms with van der Waals surface area (Å²) in [4.78, 5) is 6.52. The highest BCUT2D eigenvalue weighted by Crippen LogP contribution is 2.27. The number of rotatable bonds is 11. The molecule has 1 N–H and O–H groups in total.